The van der Waals surface area contributed by atoms with Crippen LogP contribution in [-0.2, 0) is 11.2 Å². The lowest BCUT2D eigenvalue weighted by Gasteiger charge is -2.12. The van der Waals surface area contributed by atoms with Gasteiger partial charge in [-0.15, -0.1) is 0 Å². The second kappa shape index (κ2) is 6.79. The summed E-state index contributed by atoms with van der Waals surface area (Å²) >= 11 is 0. The fourth-order valence-electron chi connectivity index (χ4n) is 3.57. The lowest BCUT2D eigenvalue weighted by atomic mass is 10.0. The fourth-order valence-corrected chi connectivity index (χ4v) is 3.57. The van der Waals surface area contributed by atoms with E-state index in [1.807, 2.05) is 24.0 Å². The monoisotopic (exact) mass is 366 g/mol. The molecule has 0 aliphatic heterocycles. The predicted octanol–water partition coefficient (Wildman–Crippen LogP) is 3.80. The fraction of sp³-hybridized carbons (Fsp3) is 0.500. The average molecular weight is 366 g/mol. The van der Waals surface area contributed by atoms with E-state index in [-0.39, 0.29) is 11.9 Å². The predicted molar refractivity (Wildman–Crippen MR) is 105 cm³/mol. The summed E-state index contributed by atoms with van der Waals surface area (Å²) in [5, 5.41) is 8.40. The summed E-state index contributed by atoms with van der Waals surface area (Å²) in [4.78, 5) is 24.6. The summed E-state index contributed by atoms with van der Waals surface area (Å²) in [6, 6.07) is 0.263. The van der Waals surface area contributed by atoms with E-state index in [1.54, 1.807) is 0 Å². The molecule has 7 nitrogen and oxygen atoms in total. The molecule has 0 bridgehead atoms. The van der Waals surface area contributed by atoms with Crippen LogP contribution in [0.4, 0.5) is 5.95 Å². The van der Waals surface area contributed by atoms with Gasteiger partial charge in [-0.3, -0.25) is 10.1 Å². The summed E-state index contributed by atoms with van der Waals surface area (Å²) in [6.45, 7) is 8.29. The second-order valence-electron chi connectivity index (χ2n) is 7.73. The Hall–Kier alpha value is -2.70. The van der Waals surface area contributed by atoms with Gasteiger partial charge in [0.25, 0.3) is 0 Å². The number of imidazole rings is 1. The molecule has 3 heterocycles. The number of hydrogen-bond donors (Lipinski definition) is 2. The smallest absolute Gasteiger partial charge is 0.227 e. The normalized spacial score (nSPS) is 14.3. The van der Waals surface area contributed by atoms with Gasteiger partial charge in [0.2, 0.25) is 11.9 Å². The molecule has 0 saturated heterocycles. The number of aromatic amines is 1. The Morgan fingerprint density at radius 3 is 2.81 bits per heavy atom. The van der Waals surface area contributed by atoms with Crippen molar-refractivity contribution in [1.82, 2.24) is 24.7 Å². The van der Waals surface area contributed by atoms with E-state index in [4.69, 9.17) is 4.98 Å². The summed E-state index contributed by atoms with van der Waals surface area (Å²) in [6.07, 6.45) is 7.16. The molecule has 0 aromatic carbocycles. The lowest BCUT2D eigenvalue weighted by molar-refractivity contribution is -0.116. The Labute approximate surface area is 158 Å². The molecule has 0 atom stereocenters. The van der Waals surface area contributed by atoms with Gasteiger partial charge >= 0.3 is 0 Å². The number of aryl methyl sites for hydroxylation is 2. The molecule has 0 spiro atoms. The standard InChI is InChI=1S/C20H26N6O/c1-11(2)26-19-16(9-22-26)12(3)15(13(4)23-19)7-8-18(27)25-20-21-10-17(24-20)14-5-6-14/h9-11,14H,5-8H2,1-4H3,(H2,21,24,25,27). The van der Waals surface area contributed by atoms with Crippen molar-refractivity contribution in [3.05, 3.63) is 34.9 Å². The molecule has 142 valence electrons. The number of carbonyl (C=O) groups is 1. The molecule has 3 aromatic heterocycles. The first kappa shape index (κ1) is 17.7. The van der Waals surface area contributed by atoms with Gasteiger partial charge in [-0.1, -0.05) is 0 Å². The van der Waals surface area contributed by atoms with Crippen LogP contribution in [0.2, 0.25) is 0 Å². The number of amides is 1. The van der Waals surface area contributed by atoms with Crippen LogP contribution in [0.25, 0.3) is 11.0 Å². The van der Waals surface area contributed by atoms with E-state index in [0.717, 1.165) is 33.5 Å². The molecule has 27 heavy (non-hydrogen) atoms. The Kier molecular flexibility index (Phi) is 4.45. The minimum atomic E-state index is -0.0385. The third kappa shape index (κ3) is 3.46. The molecule has 2 N–H and O–H groups in total. The lowest BCUT2D eigenvalue weighted by Crippen LogP contribution is -2.14. The largest absolute Gasteiger partial charge is 0.328 e. The van der Waals surface area contributed by atoms with Gasteiger partial charge in [-0.25, -0.2) is 14.6 Å². The van der Waals surface area contributed by atoms with Gasteiger partial charge in [0.1, 0.15) is 0 Å². The van der Waals surface area contributed by atoms with Crippen LogP contribution >= 0.6 is 0 Å². The summed E-state index contributed by atoms with van der Waals surface area (Å²) < 4.78 is 1.94. The molecular formula is C20H26N6O. The zero-order valence-corrected chi connectivity index (χ0v) is 16.3. The van der Waals surface area contributed by atoms with Gasteiger partial charge in [-0.05, 0) is 58.1 Å². The number of anilines is 1. The van der Waals surface area contributed by atoms with Gasteiger partial charge in [0.05, 0.1) is 12.4 Å². The SMILES string of the molecule is Cc1nc2c(cnn2C(C)C)c(C)c1CCC(=O)Nc1ncc(C2CC2)[nH]1. The summed E-state index contributed by atoms with van der Waals surface area (Å²) in [5.74, 6) is 1.10. The number of rotatable bonds is 6. The first-order chi connectivity index (χ1) is 12.9. The van der Waals surface area contributed by atoms with Crippen molar-refractivity contribution in [1.29, 1.82) is 0 Å². The van der Waals surface area contributed by atoms with Crippen molar-refractivity contribution in [2.75, 3.05) is 5.32 Å². The van der Waals surface area contributed by atoms with Crippen molar-refractivity contribution >= 4 is 22.9 Å². The minimum Gasteiger partial charge on any atom is -0.328 e. The summed E-state index contributed by atoms with van der Waals surface area (Å²) in [7, 11) is 0. The van der Waals surface area contributed by atoms with Gasteiger partial charge < -0.3 is 4.98 Å². The van der Waals surface area contributed by atoms with Crippen LogP contribution in [0, 0.1) is 13.8 Å². The van der Waals surface area contributed by atoms with Gasteiger partial charge in [0.15, 0.2) is 5.65 Å². The van der Waals surface area contributed by atoms with Crippen molar-refractivity contribution in [3.63, 3.8) is 0 Å². The van der Waals surface area contributed by atoms with E-state index >= 15 is 0 Å². The Balaban J connectivity index is 1.46. The molecule has 4 rings (SSSR count). The molecule has 7 heteroatoms. The van der Waals surface area contributed by atoms with Crippen molar-refractivity contribution in [2.24, 2.45) is 0 Å². The highest BCUT2D eigenvalue weighted by Crippen LogP contribution is 2.39. The number of pyridine rings is 1. The zero-order valence-electron chi connectivity index (χ0n) is 16.3. The van der Waals surface area contributed by atoms with E-state index in [9.17, 15) is 4.79 Å². The maximum Gasteiger partial charge on any atom is 0.227 e. The molecular weight excluding hydrogens is 340 g/mol. The molecule has 1 aliphatic rings. The third-order valence-corrected chi connectivity index (χ3v) is 5.30. The van der Waals surface area contributed by atoms with E-state index < -0.39 is 0 Å². The molecule has 1 amide bonds. The molecule has 3 aromatic rings. The van der Waals surface area contributed by atoms with Gasteiger partial charge in [-0.2, -0.15) is 5.10 Å². The van der Waals surface area contributed by atoms with Crippen molar-refractivity contribution in [2.45, 2.75) is 65.3 Å². The number of carbonyl (C=O) groups excluding carboxylic acids is 1. The van der Waals surface area contributed by atoms with Crippen molar-refractivity contribution in [3.8, 4) is 0 Å². The highest BCUT2D eigenvalue weighted by atomic mass is 16.1. The quantitative estimate of drug-likeness (QED) is 0.694. The van der Waals surface area contributed by atoms with Crippen LogP contribution in [0.5, 0.6) is 0 Å². The van der Waals surface area contributed by atoms with Crippen LogP contribution in [0.3, 0.4) is 0 Å². The van der Waals surface area contributed by atoms with Crippen LogP contribution in [0.1, 0.15) is 67.6 Å². The molecule has 1 aliphatic carbocycles. The number of fused-ring (bicyclic) bond motifs is 1. The Morgan fingerprint density at radius 2 is 2.11 bits per heavy atom. The van der Waals surface area contributed by atoms with E-state index in [2.05, 4.69) is 41.2 Å². The topological polar surface area (TPSA) is 88.5 Å². The molecule has 0 unspecified atom stereocenters. The second-order valence-corrected chi connectivity index (χ2v) is 7.73. The molecule has 0 radical (unpaired) electrons. The van der Waals surface area contributed by atoms with Crippen LogP contribution in [-0.4, -0.2) is 30.6 Å². The number of hydrogen-bond acceptors (Lipinski definition) is 4. The maximum absolute atomic E-state index is 12.4. The average Bonchev–Trinajstić information content (AvgIpc) is 3.21. The Bertz CT molecular complexity index is 995. The number of H-pyrrole nitrogens is 1. The number of nitrogens with one attached hydrogen (secondary N) is 2. The first-order valence-corrected chi connectivity index (χ1v) is 9.62. The van der Waals surface area contributed by atoms with E-state index in [1.165, 1.54) is 12.8 Å². The van der Waals surface area contributed by atoms with E-state index in [0.29, 0.717) is 24.7 Å². The minimum absolute atomic E-state index is 0.0385. The molecule has 1 saturated carbocycles. The molecule has 1 fully saturated rings. The highest BCUT2D eigenvalue weighted by molar-refractivity contribution is 5.89. The highest BCUT2D eigenvalue weighted by Gasteiger charge is 2.25. The first-order valence-electron chi connectivity index (χ1n) is 9.62. The van der Waals surface area contributed by atoms with Gasteiger partial charge in [0, 0.05) is 35.2 Å². The Morgan fingerprint density at radius 1 is 1.33 bits per heavy atom. The zero-order chi connectivity index (χ0) is 19.1. The maximum atomic E-state index is 12.4. The van der Waals surface area contributed by atoms with Crippen LogP contribution < -0.4 is 5.32 Å². The number of nitrogens with zero attached hydrogens (tertiary/aromatic N) is 4. The number of aromatic nitrogens is 5. The third-order valence-electron chi connectivity index (χ3n) is 5.30. The van der Waals surface area contributed by atoms with Crippen molar-refractivity contribution < 1.29 is 4.79 Å². The summed E-state index contributed by atoms with van der Waals surface area (Å²) in [5.41, 5.74) is 5.28. The van der Waals surface area contributed by atoms with Crippen LogP contribution in [0.15, 0.2) is 12.4 Å².